The van der Waals surface area contributed by atoms with Crippen LogP contribution in [-0.4, -0.2) is 35.9 Å². The van der Waals surface area contributed by atoms with Gasteiger partial charge in [0.15, 0.2) is 0 Å². The first-order valence-corrected chi connectivity index (χ1v) is 9.85. The van der Waals surface area contributed by atoms with E-state index < -0.39 is 0 Å². The fourth-order valence-electron chi connectivity index (χ4n) is 2.84. The molecule has 0 aliphatic rings. The predicted octanol–water partition coefficient (Wildman–Crippen LogP) is 3.19. The zero-order valence-corrected chi connectivity index (χ0v) is 16.8. The van der Waals surface area contributed by atoms with E-state index in [1.54, 1.807) is 60.7 Å². The Morgan fingerprint density at radius 2 is 1.23 bits per heavy atom. The van der Waals surface area contributed by atoms with Gasteiger partial charge in [-0.25, -0.2) is 0 Å². The molecule has 0 saturated carbocycles. The fraction of sp³-hybridized carbons (Fsp3) is 0.125. The number of benzene rings is 3. The van der Waals surface area contributed by atoms with Crippen molar-refractivity contribution in [2.24, 2.45) is 0 Å². The molecule has 0 atom stereocenters. The molecule has 0 aliphatic carbocycles. The Bertz CT molecular complexity index is 1050. The number of phenols is 1. The third-order valence-corrected chi connectivity index (χ3v) is 4.47. The number of phenolic OH excluding ortho intramolecular Hbond substituents is 1. The first kappa shape index (κ1) is 21.6. The van der Waals surface area contributed by atoms with Crippen molar-refractivity contribution in [1.82, 2.24) is 10.6 Å². The first-order chi connectivity index (χ1) is 15.0. The molecule has 0 aromatic heterocycles. The molecule has 7 nitrogen and oxygen atoms in total. The van der Waals surface area contributed by atoms with Crippen LogP contribution in [0.1, 0.15) is 37.5 Å². The normalized spacial score (nSPS) is 10.2. The Labute approximate surface area is 180 Å². The van der Waals surface area contributed by atoms with Crippen molar-refractivity contribution in [2.75, 3.05) is 18.4 Å². The molecule has 0 fully saturated rings. The summed E-state index contributed by atoms with van der Waals surface area (Å²) in [5.41, 5.74) is 2.01. The van der Waals surface area contributed by atoms with Gasteiger partial charge in [-0.1, -0.05) is 24.3 Å². The number of hydrogen-bond acceptors (Lipinski definition) is 4. The molecule has 7 heteroatoms. The second kappa shape index (κ2) is 10.6. The lowest BCUT2D eigenvalue weighted by Gasteiger charge is -2.08. The maximum Gasteiger partial charge on any atom is 0.255 e. The van der Waals surface area contributed by atoms with E-state index >= 15 is 0 Å². The average molecular weight is 417 g/mol. The van der Waals surface area contributed by atoms with Gasteiger partial charge in [0.2, 0.25) is 0 Å². The smallest absolute Gasteiger partial charge is 0.255 e. The van der Waals surface area contributed by atoms with E-state index in [4.69, 9.17) is 0 Å². The van der Waals surface area contributed by atoms with Crippen LogP contribution in [0.3, 0.4) is 0 Å². The second-order valence-electron chi connectivity index (χ2n) is 6.81. The number of rotatable bonds is 8. The summed E-state index contributed by atoms with van der Waals surface area (Å²) < 4.78 is 0. The van der Waals surface area contributed by atoms with Gasteiger partial charge in [0.25, 0.3) is 17.7 Å². The largest absolute Gasteiger partial charge is 0.508 e. The summed E-state index contributed by atoms with van der Waals surface area (Å²) in [5.74, 6) is -0.702. The summed E-state index contributed by atoms with van der Waals surface area (Å²) in [6.07, 6.45) is 0.557. The SMILES string of the molecule is O=C(NCCCNC(=O)c1cccc(O)c1)c1ccc(NC(=O)c2ccccc2)cc1. The Hall–Kier alpha value is -4.13. The zero-order chi connectivity index (χ0) is 22.1. The monoisotopic (exact) mass is 417 g/mol. The lowest BCUT2D eigenvalue weighted by molar-refractivity contribution is 0.0950. The van der Waals surface area contributed by atoms with Crippen LogP contribution in [0, 0.1) is 0 Å². The molecule has 0 spiro atoms. The highest BCUT2D eigenvalue weighted by atomic mass is 16.3. The molecule has 158 valence electrons. The summed E-state index contributed by atoms with van der Waals surface area (Å²) in [7, 11) is 0. The van der Waals surface area contributed by atoms with E-state index in [0.29, 0.717) is 41.9 Å². The molecule has 3 amide bonds. The van der Waals surface area contributed by atoms with E-state index in [9.17, 15) is 19.5 Å². The molecule has 0 radical (unpaired) electrons. The molecular formula is C24H23N3O4. The van der Waals surface area contributed by atoms with Gasteiger partial charge >= 0.3 is 0 Å². The van der Waals surface area contributed by atoms with Gasteiger partial charge in [-0.2, -0.15) is 0 Å². The van der Waals surface area contributed by atoms with Crippen LogP contribution in [-0.2, 0) is 0 Å². The van der Waals surface area contributed by atoms with Crippen molar-refractivity contribution in [3.05, 3.63) is 95.6 Å². The molecule has 0 bridgehead atoms. The lowest BCUT2D eigenvalue weighted by Crippen LogP contribution is -2.29. The van der Waals surface area contributed by atoms with Gasteiger partial charge in [-0.15, -0.1) is 0 Å². The van der Waals surface area contributed by atoms with Gasteiger partial charge in [-0.3, -0.25) is 14.4 Å². The predicted molar refractivity (Wildman–Crippen MR) is 118 cm³/mol. The van der Waals surface area contributed by atoms with Crippen LogP contribution in [0.2, 0.25) is 0 Å². The maximum absolute atomic E-state index is 12.2. The Morgan fingerprint density at radius 1 is 0.645 bits per heavy atom. The van der Waals surface area contributed by atoms with Crippen molar-refractivity contribution < 1.29 is 19.5 Å². The minimum absolute atomic E-state index is 0.0329. The van der Waals surface area contributed by atoms with Crippen molar-refractivity contribution in [3.8, 4) is 5.75 Å². The van der Waals surface area contributed by atoms with Crippen LogP contribution in [0.25, 0.3) is 0 Å². The van der Waals surface area contributed by atoms with Crippen LogP contribution in [0.15, 0.2) is 78.9 Å². The number of carbonyl (C=O) groups is 3. The summed E-state index contributed by atoms with van der Waals surface area (Å²) in [4.78, 5) is 36.4. The third kappa shape index (κ3) is 6.43. The molecule has 3 aromatic carbocycles. The lowest BCUT2D eigenvalue weighted by atomic mass is 10.1. The van der Waals surface area contributed by atoms with Crippen molar-refractivity contribution >= 4 is 23.4 Å². The molecule has 0 unspecified atom stereocenters. The second-order valence-corrected chi connectivity index (χ2v) is 6.81. The van der Waals surface area contributed by atoms with E-state index in [-0.39, 0.29) is 23.5 Å². The highest BCUT2D eigenvalue weighted by Crippen LogP contribution is 2.12. The highest BCUT2D eigenvalue weighted by Gasteiger charge is 2.08. The zero-order valence-electron chi connectivity index (χ0n) is 16.8. The maximum atomic E-state index is 12.2. The molecule has 3 rings (SSSR count). The minimum Gasteiger partial charge on any atom is -0.508 e. The topological polar surface area (TPSA) is 108 Å². The van der Waals surface area contributed by atoms with Gasteiger partial charge in [-0.05, 0) is 61.0 Å². The number of carbonyl (C=O) groups excluding carboxylic acids is 3. The molecule has 0 aliphatic heterocycles. The van der Waals surface area contributed by atoms with Gasteiger partial charge in [0.1, 0.15) is 5.75 Å². The summed E-state index contributed by atoms with van der Waals surface area (Å²) in [6.45, 7) is 0.783. The third-order valence-electron chi connectivity index (χ3n) is 4.47. The van der Waals surface area contributed by atoms with Gasteiger partial charge in [0.05, 0.1) is 0 Å². The number of amides is 3. The fourth-order valence-corrected chi connectivity index (χ4v) is 2.84. The number of aromatic hydroxyl groups is 1. The van der Waals surface area contributed by atoms with Crippen LogP contribution in [0.4, 0.5) is 5.69 Å². The van der Waals surface area contributed by atoms with Crippen molar-refractivity contribution in [3.63, 3.8) is 0 Å². The summed E-state index contributed by atoms with van der Waals surface area (Å²) in [5, 5.41) is 17.7. The summed E-state index contributed by atoms with van der Waals surface area (Å²) >= 11 is 0. The van der Waals surface area contributed by atoms with Crippen LogP contribution < -0.4 is 16.0 Å². The average Bonchev–Trinajstić information content (AvgIpc) is 2.79. The molecule has 0 saturated heterocycles. The van der Waals surface area contributed by atoms with E-state index in [1.807, 2.05) is 6.07 Å². The Kier molecular flexibility index (Phi) is 7.37. The molecular weight excluding hydrogens is 394 g/mol. The van der Waals surface area contributed by atoms with Crippen LogP contribution >= 0.6 is 0 Å². The first-order valence-electron chi connectivity index (χ1n) is 9.85. The van der Waals surface area contributed by atoms with Gasteiger partial charge in [0, 0.05) is 35.5 Å². The van der Waals surface area contributed by atoms with Crippen molar-refractivity contribution in [2.45, 2.75) is 6.42 Å². The molecule has 3 aromatic rings. The highest BCUT2D eigenvalue weighted by molar-refractivity contribution is 6.04. The number of anilines is 1. The van der Waals surface area contributed by atoms with Crippen molar-refractivity contribution in [1.29, 1.82) is 0 Å². The summed E-state index contributed by atoms with van der Waals surface area (Å²) in [6, 6.07) is 21.6. The van der Waals surface area contributed by atoms with Crippen LogP contribution in [0.5, 0.6) is 5.75 Å². The number of nitrogens with one attached hydrogen (secondary N) is 3. The van der Waals surface area contributed by atoms with E-state index in [0.717, 1.165) is 0 Å². The molecule has 4 N–H and O–H groups in total. The van der Waals surface area contributed by atoms with E-state index in [1.165, 1.54) is 12.1 Å². The van der Waals surface area contributed by atoms with Gasteiger partial charge < -0.3 is 21.1 Å². The minimum atomic E-state index is -0.282. The molecule has 31 heavy (non-hydrogen) atoms. The molecule has 0 heterocycles. The number of hydrogen-bond donors (Lipinski definition) is 4. The Morgan fingerprint density at radius 3 is 1.87 bits per heavy atom. The Balaban J connectivity index is 1.39. The quantitative estimate of drug-likeness (QED) is 0.422. The van der Waals surface area contributed by atoms with E-state index in [2.05, 4.69) is 16.0 Å². The standard InChI is InChI=1S/C24H23N3O4/c28-21-9-4-8-19(16-21)23(30)26-15-5-14-25-22(29)18-10-12-20(13-11-18)27-24(31)17-6-2-1-3-7-17/h1-4,6-13,16,28H,5,14-15H2,(H,25,29)(H,26,30)(H,27,31).